The van der Waals surface area contributed by atoms with Gasteiger partial charge in [0.2, 0.25) is 5.91 Å². The van der Waals surface area contributed by atoms with E-state index in [0.717, 1.165) is 23.3 Å². The lowest BCUT2D eigenvalue weighted by Crippen LogP contribution is -2.32. The highest BCUT2D eigenvalue weighted by Crippen LogP contribution is 2.18. The van der Waals surface area contributed by atoms with Gasteiger partial charge in [-0.3, -0.25) is 4.79 Å². The number of aliphatic hydroxyl groups excluding tert-OH is 1. The number of amides is 1. The van der Waals surface area contributed by atoms with Crippen LogP contribution in [0.3, 0.4) is 0 Å². The van der Waals surface area contributed by atoms with Crippen LogP contribution in [0.15, 0.2) is 54.6 Å². The molecule has 23 heavy (non-hydrogen) atoms. The van der Waals surface area contributed by atoms with Crippen LogP contribution in [-0.2, 0) is 23.6 Å². The average molecular weight is 329 g/mol. The van der Waals surface area contributed by atoms with Crippen molar-refractivity contribution in [2.45, 2.75) is 31.0 Å². The smallest absolute Gasteiger partial charge is 0.232 e. The molecule has 0 aliphatic rings. The molecule has 0 fully saturated rings. The average Bonchev–Trinajstić information content (AvgIpc) is 2.61. The van der Waals surface area contributed by atoms with Crippen molar-refractivity contribution in [3.63, 3.8) is 0 Å². The molecule has 1 atom stereocenters. The summed E-state index contributed by atoms with van der Waals surface area (Å²) in [5.41, 5.74) is 3.30. The summed E-state index contributed by atoms with van der Waals surface area (Å²) < 4.78 is 0. The molecule has 1 amide bonds. The Labute approximate surface area is 142 Å². The number of nitrogens with one attached hydrogen (secondary N) is 1. The van der Waals surface area contributed by atoms with Crippen LogP contribution in [-0.4, -0.2) is 22.8 Å². The number of rotatable bonds is 8. The molecule has 0 bridgehead atoms. The fourth-order valence-electron chi connectivity index (χ4n) is 2.16. The first-order valence-electron chi connectivity index (χ1n) is 7.81. The van der Waals surface area contributed by atoms with Crippen molar-refractivity contribution in [3.8, 4) is 0 Å². The molecule has 0 aromatic heterocycles. The first-order chi connectivity index (χ1) is 11.2. The van der Waals surface area contributed by atoms with Crippen LogP contribution in [0.2, 0.25) is 0 Å². The van der Waals surface area contributed by atoms with Gasteiger partial charge in [0.25, 0.3) is 0 Å². The van der Waals surface area contributed by atoms with Gasteiger partial charge in [-0.25, -0.2) is 0 Å². The van der Waals surface area contributed by atoms with E-state index < -0.39 is 0 Å². The SMILES string of the molecule is CC(SCc1ccc(CO)cc1)C(=O)NCCc1ccccc1. The summed E-state index contributed by atoms with van der Waals surface area (Å²) in [6.45, 7) is 2.66. The summed E-state index contributed by atoms with van der Waals surface area (Å²) in [6, 6.07) is 18.0. The van der Waals surface area contributed by atoms with Gasteiger partial charge in [0.15, 0.2) is 0 Å². The van der Waals surface area contributed by atoms with E-state index >= 15 is 0 Å². The predicted octanol–water partition coefficient (Wildman–Crippen LogP) is 3.16. The van der Waals surface area contributed by atoms with Gasteiger partial charge in [-0.15, -0.1) is 11.8 Å². The van der Waals surface area contributed by atoms with Gasteiger partial charge in [0.1, 0.15) is 0 Å². The van der Waals surface area contributed by atoms with E-state index in [1.54, 1.807) is 11.8 Å². The van der Waals surface area contributed by atoms with Crippen LogP contribution < -0.4 is 5.32 Å². The van der Waals surface area contributed by atoms with Crippen molar-refractivity contribution < 1.29 is 9.90 Å². The number of carbonyl (C=O) groups excluding carboxylic acids is 1. The molecule has 1 unspecified atom stereocenters. The van der Waals surface area contributed by atoms with E-state index in [1.807, 2.05) is 49.4 Å². The number of aliphatic hydroxyl groups is 1. The van der Waals surface area contributed by atoms with E-state index in [2.05, 4.69) is 17.4 Å². The van der Waals surface area contributed by atoms with Crippen LogP contribution in [0.1, 0.15) is 23.6 Å². The molecule has 2 aromatic carbocycles. The molecule has 0 saturated carbocycles. The van der Waals surface area contributed by atoms with Crippen LogP contribution in [0.25, 0.3) is 0 Å². The first kappa shape index (κ1) is 17.6. The normalized spacial score (nSPS) is 11.9. The molecular weight excluding hydrogens is 306 g/mol. The Kier molecular flexibility index (Phi) is 7.17. The van der Waals surface area contributed by atoms with E-state index in [0.29, 0.717) is 6.54 Å². The van der Waals surface area contributed by atoms with E-state index in [1.165, 1.54) is 5.56 Å². The maximum Gasteiger partial charge on any atom is 0.232 e. The Morgan fingerprint density at radius 2 is 1.70 bits per heavy atom. The highest BCUT2D eigenvalue weighted by Gasteiger charge is 2.12. The summed E-state index contributed by atoms with van der Waals surface area (Å²) in [5.74, 6) is 0.872. The summed E-state index contributed by atoms with van der Waals surface area (Å²) in [5, 5.41) is 11.9. The number of hydrogen-bond donors (Lipinski definition) is 2. The molecule has 0 saturated heterocycles. The fourth-order valence-corrected chi connectivity index (χ4v) is 3.03. The van der Waals surface area contributed by atoms with Gasteiger partial charge in [0.05, 0.1) is 11.9 Å². The second-order valence-electron chi connectivity index (χ2n) is 5.45. The quantitative estimate of drug-likeness (QED) is 0.782. The lowest BCUT2D eigenvalue weighted by molar-refractivity contribution is -0.120. The molecule has 4 heteroatoms. The second kappa shape index (κ2) is 9.38. The minimum absolute atomic E-state index is 0.0631. The van der Waals surface area contributed by atoms with Crippen LogP contribution in [0.5, 0.6) is 0 Å². The van der Waals surface area contributed by atoms with E-state index in [9.17, 15) is 4.79 Å². The van der Waals surface area contributed by atoms with Crippen molar-refractivity contribution in [2.24, 2.45) is 0 Å². The van der Waals surface area contributed by atoms with Gasteiger partial charge in [-0.05, 0) is 30.0 Å². The lowest BCUT2D eigenvalue weighted by atomic mass is 10.1. The maximum absolute atomic E-state index is 12.1. The van der Waals surface area contributed by atoms with Crippen molar-refractivity contribution in [3.05, 3.63) is 71.3 Å². The zero-order valence-corrected chi connectivity index (χ0v) is 14.2. The molecule has 2 aromatic rings. The number of carbonyl (C=O) groups is 1. The monoisotopic (exact) mass is 329 g/mol. The Morgan fingerprint density at radius 3 is 2.35 bits per heavy atom. The molecule has 0 radical (unpaired) electrons. The van der Waals surface area contributed by atoms with Crippen molar-refractivity contribution >= 4 is 17.7 Å². The lowest BCUT2D eigenvalue weighted by Gasteiger charge is -2.12. The van der Waals surface area contributed by atoms with Gasteiger partial charge < -0.3 is 10.4 Å². The van der Waals surface area contributed by atoms with Gasteiger partial charge >= 0.3 is 0 Å². The molecular formula is C19H23NO2S. The fraction of sp³-hybridized carbons (Fsp3) is 0.316. The minimum atomic E-state index is -0.0803. The minimum Gasteiger partial charge on any atom is -0.392 e. The number of hydrogen-bond acceptors (Lipinski definition) is 3. The Bertz CT molecular complexity index is 599. The Hall–Kier alpha value is -1.78. The van der Waals surface area contributed by atoms with Crippen LogP contribution in [0.4, 0.5) is 0 Å². The summed E-state index contributed by atoms with van der Waals surface area (Å²) in [7, 11) is 0. The summed E-state index contributed by atoms with van der Waals surface area (Å²) >= 11 is 1.62. The van der Waals surface area contributed by atoms with Crippen LogP contribution >= 0.6 is 11.8 Å². The van der Waals surface area contributed by atoms with Gasteiger partial charge in [0, 0.05) is 12.3 Å². The van der Waals surface area contributed by atoms with Gasteiger partial charge in [-0.1, -0.05) is 54.6 Å². The van der Waals surface area contributed by atoms with Crippen molar-refractivity contribution in [1.29, 1.82) is 0 Å². The largest absolute Gasteiger partial charge is 0.392 e. The van der Waals surface area contributed by atoms with Crippen molar-refractivity contribution in [2.75, 3.05) is 6.54 Å². The third kappa shape index (κ3) is 6.08. The standard InChI is InChI=1S/C19H23NO2S/c1-15(23-14-18-9-7-17(13-21)8-10-18)19(22)20-12-11-16-5-3-2-4-6-16/h2-10,15,21H,11-14H2,1H3,(H,20,22). The summed E-state index contributed by atoms with van der Waals surface area (Å²) in [6.07, 6.45) is 0.854. The van der Waals surface area contributed by atoms with Gasteiger partial charge in [-0.2, -0.15) is 0 Å². The zero-order valence-electron chi connectivity index (χ0n) is 13.4. The molecule has 0 aliphatic heterocycles. The second-order valence-corrected chi connectivity index (χ2v) is 6.78. The molecule has 0 spiro atoms. The maximum atomic E-state index is 12.1. The zero-order chi connectivity index (χ0) is 16.5. The highest BCUT2D eigenvalue weighted by atomic mass is 32.2. The number of benzene rings is 2. The summed E-state index contributed by atoms with van der Waals surface area (Å²) in [4.78, 5) is 12.1. The van der Waals surface area contributed by atoms with E-state index in [4.69, 9.17) is 5.11 Å². The topological polar surface area (TPSA) is 49.3 Å². The van der Waals surface area contributed by atoms with E-state index in [-0.39, 0.29) is 17.8 Å². The molecule has 2 rings (SSSR count). The predicted molar refractivity (Wildman–Crippen MR) is 96.3 cm³/mol. The number of thioether (sulfide) groups is 1. The molecule has 3 nitrogen and oxygen atoms in total. The third-order valence-electron chi connectivity index (χ3n) is 3.63. The molecule has 2 N–H and O–H groups in total. The molecule has 0 heterocycles. The highest BCUT2D eigenvalue weighted by molar-refractivity contribution is 7.99. The Morgan fingerprint density at radius 1 is 1.04 bits per heavy atom. The van der Waals surface area contributed by atoms with Crippen molar-refractivity contribution in [1.82, 2.24) is 5.32 Å². The van der Waals surface area contributed by atoms with Crippen LogP contribution in [0, 0.1) is 0 Å². The molecule has 122 valence electrons. The molecule has 0 aliphatic carbocycles. The third-order valence-corrected chi connectivity index (χ3v) is 4.84. The Balaban J connectivity index is 1.69. The first-order valence-corrected chi connectivity index (χ1v) is 8.86.